The molecular weight excluding hydrogens is 266 g/mol. The molecule has 106 valence electrons. The largest absolute Gasteiger partial charge is 0.312 e. The second-order valence-corrected chi connectivity index (χ2v) is 4.98. The van der Waals surface area contributed by atoms with E-state index in [4.69, 9.17) is 5.26 Å². The predicted octanol–water partition coefficient (Wildman–Crippen LogP) is 1.42. The number of nitriles is 1. The smallest absolute Gasteiger partial charge is 0.257 e. The van der Waals surface area contributed by atoms with Gasteiger partial charge >= 0.3 is 0 Å². The SMILES string of the molecule is Cc1ccc(C#N)cc1C(=O)Nc1cnc2n1CCNC2. The number of aryl methyl sites for hydroxylation is 1. The maximum Gasteiger partial charge on any atom is 0.257 e. The van der Waals surface area contributed by atoms with Crippen LogP contribution in [0.4, 0.5) is 5.82 Å². The number of hydrogen-bond acceptors (Lipinski definition) is 4. The van der Waals surface area contributed by atoms with Gasteiger partial charge in [-0.15, -0.1) is 0 Å². The number of carbonyl (C=O) groups excluding carboxylic acids is 1. The molecule has 1 amide bonds. The van der Waals surface area contributed by atoms with Crippen LogP contribution in [0.5, 0.6) is 0 Å². The average Bonchev–Trinajstić information content (AvgIpc) is 2.91. The minimum Gasteiger partial charge on any atom is -0.312 e. The summed E-state index contributed by atoms with van der Waals surface area (Å²) in [5.74, 6) is 1.39. The number of nitrogens with one attached hydrogen (secondary N) is 2. The lowest BCUT2D eigenvalue weighted by molar-refractivity contribution is 0.102. The van der Waals surface area contributed by atoms with Gasteiger partial charge in [0.25, 0.3) is 5.91 Å². The molecule has 0 saturated heterocycles. The van der Waals surface area contributed by atoms with E-state index in [1.807, 2.05) is 11.5 Å². The van der Waals surface area contributed by atoms with E-state index in [9.17, 15) is 4.79 Å². The Morgan fingerprint density at radius 2 is 2.38 bits per heavy atom. The lowest BCUT2D eigenvalue weighted by Gasteiger charge is -2.18. The van der Waals surface area contributed by atoms with Crippen molar-refractivity contribution < 1.29 is 4.79 Å². The Morgan fingerprint density at radius 3 is 3.19 bits per heavy atom. The molecule has 0 spiro atoms. The number of imidazole rings is 1. The molecule has 6 nitrogen and oxygen atoms in total. The van der Waals surface area contributed by atoms with Crippen LogP contribution in [0.15, 0.2) is 24.4 Å². The molecule has 0 saturated carbocycles. The molecular formula is C15H15N5O. The zero-order valence-electron chi connectivity index (χ0n) is 11.7. The first-order valence-electron chi connectivity index (χ1n) is 6.76. The minimum absolute atomic E-state index is 0.217. The third-order valence-corrected chi connectivity index (χ3v) is 3.59. The minimum atomic E-state index is -0.217. The molecule has 1 aliphatic rings. The molecule has 1 aliphatic heterocycles. The first-order chi connectivity index (χ1) is 10.2. The van der Waals surface area contributed by atoms with Crippen molar-refractivity contribution in [3.8, 4) is 6.07 Å². The number of amides is 1. The van der Waals surface area contributed by atoms with Crippen molar-refractivity contribution >= 4 is 11.7 Å². The van der Waals surface area contributed by atoms with E-state index in [1.54, 1.807) is 24.4 Å². The Morgan fingerprint density at radius 1 is 1.52 bits per heavy atom. The first kappa shape index (κ1) is 13.3. The zero-order valence-corrected chi connectivity index (χ0v) is 11.7. The average molecular weight is 281 g/mol. The maximum absolute atomic E-state index is 12.4. The molecule has 1 aromatic carbocycles. The quantitative estimate of drug-likeness (QED) is 0.872. The van der Waals surface area contributed by atoms with Gasteiger partial charge in [-0.3, -0.25) is 4.79 Å². The second-order valence-electron chi connectivity index (χ2n) is 4.98. The Hall–Kier alpha value is -2.65. The molecule has 0 radical (unpaired) electrons. The first-order valence-corrected chi connectivity index (χ1v) is 6.76. The van der Waals surface area contributed by atoms with E-state index in [2.05, 4.69) is 21.7 Å². The van der Waals surface area contributed by atoms with Gasteiger partial charge in [-0.2, -0.15) is 5.26 Å². The summed E-state index contributed by atoms with van der Waals surface area (Å²) >= 11 is 0. The van der Waals surface area contributed by atoms with E-state index < -0.39 is 0 Å². The normalized spacial score (nSPS) is 13.3. The lowest BCUT2D eigenvalue weighted by Crippen LogP contribution is -2.29. The van der Waals surface area contributed by atoms with Gasteiger partial charge in [-0.1, -0.05) is 6.07 Å². The third-order valence-electron chi connectivity index (χ3n) is 3.59. The van der Waals surface area contributed by atoms with Crippen LogP contribution in [0.3, 0.4) is 0 Å². The van der Waals surface area contributed by atoms with Crippen LogP contribution < -0.4 is 10.6 Å². The number of benzene rings is 1. The van der Waals surface area contributed by atoms with E-state index in [0.29, 0.717) is 23.5 Å². The van der Waals surface area contributed by atoms with Crippen molar-refractivity contribution in [1.82, 2.24) is 14.9 Å². The Kier molecular flexibility index (Phi) is 3.42. The number of aromatic nitrogens is 2. The monoisotopic (exact) mass is 281 g/mol. The van der Waals surface area contributed by atoms with Crippen molar-refractivity contribution in [1.29, 1.82) is 5.26 Å². The van der Waals surface area contributed by atoms with Crippen LogP contribution in [0.1, 0.15) is 27.3 Å². The fourth-order valence-electron chi connectivity index (χ4n) is 2.42. The van der Waals surface area contributed by atoms with Gasteiger partial charge in [0.2, 0.25) is 0 Å². The topological polar surface area (TPSA) is 82.7 Å². The molecule has 0 atom stereocenters. The van der Waals surface area contributed by atoms with Crippen molar-refractivity contribution in [2.24, 2.45) is 0 Å². The van der Waals surface area contributed by atoms with Crippen LogP contribution in [0.25, 0.3) is 0 Å². The van der Waals surface area contributed by atoms with Gasteiger partial charge in [0.05, 0.1) is 24.4 Å². The fourth-order valence-corrected chi connectivity index (χ4v) is 2.42. The summed E-state index contributed by atoms with van der Waals surface area (Å²) in [4.78, 5) is 16.7. The van der Waals surface area contributed by atoms with Gasteiger partial charge < -0.3 is 15.2 Å². The van der Waals surface area contributed by atoms with Crippen molar-refractivity contribution in [3.05, 3.63) is 46.9 Å². The van der Waals surface area contributed by atoms with Crippen LogP contribution in [0.2, 0.25) is 0 Å². The number of nitrogens with zero attached hydrogens (tertiary/aromatic N) is 3. The van der Waals surface area contributed by atoms with Gasteiger partial charge in [0, 0.05) is 18.7 Å². The third kappa shape index (κ3) is 2.51. The maximum atomic E-state index is 12.4. The van der Waals surface area contributed by atoms with E-state index in [0.717, 1.165) is 24.5 Å². The highest BCUT2D eigenvalue weighted by molar-refractivity contribution is 6.05. The standard InChI is InChI=1S/C15H15N5O/c1-10-2-3-11(7-16)6-12(10)15(21)19-14-9-18-13-8-17-4-5-20(13)14/h2-3,6,9,17H,4-5,8H2,1H3,(H,19,21). The summed E-state index contributed by atoms with van der Waals surface area (Å²) in [5, 5.41) is 15.1. The van der Waals surface area contributed by atoms with E-state index >= 15 is 0 Å². The highest BCUT2D eigenvalue weighted by Crippen LogP contribution is 2.17. The highest BCUT2D eigenvalue weighted by atomic mass is 16.1. The summed E-state index contributed by atoms with van der Waals surface area (Å²) in [6.45, 7) is 4.20. The summed E-state index contributed by atoms with van der Waals surface area (Å²) in [6, 6.07) is 7.15. The highest BCUT2D eigenvalue weighted by Gasteiger charge is 2.17. The molecule has 6 heteroatoms. The summed E-state index contributed by atoms with van der Waals surface area (Å²) in [7, 11) is 0. The number of anilines is 1. The molecule has 0 fully saturated rings. The van der Waals surface area contributed by atoms with Gasteiger partial charge in [0.1, 0.15) is 11.6 Å². The van der Waals surface area contributed by atoms with Gasteiger partial charge in [-0.05, 0) is 24.6 Å². The van der Waals surface area contributed by atoms with Crippen molar-refractivity contribution in [3.63, 3.8) is 0 Å². The number of rotatable bonds is 2. The van der Waals surface area contributed by atoms with Crippen molar-refractivity contribution in [2.45, 2.75) is 20.0 Å². The molecule has 2 N–H and O–H groups in total. The van der Waals surface area contributed by atoms with Gasteiger partial charge in [0.15, 0.2) is 0 Å². The molecule has 0 unspecified atom stereocenters. The summed E-state index contributed by atoms with van der Waals surface area (Å²) < 4.78 is 2.00. The van der Waals surface area contributed by atoms with Gasteiger partial charge in [-0.25, -0.2) is 4.98 Å². The second kappa shape index (κ2) is 5.38. The molecule has 0 aliphatic carbocycles. The molecule has 3 rings (SSSR count). The van der Waals surface area contributed by atoms with Crippen LogP contribution >= 0.6 is 0 Å². The number of fused-ring (bicyclic) bond motifs is 1. The molecule has 0 bridgehead atoms. The molecule has 1 aromatic heterocycles. The Labute approximate surface area is 122 Å². The van der Waals surface area contributed by atoms with Crippen molar-refractivity contribution in [2.75, 3.05) is 11.9 Å². The molecule has 21 heavy (non-hydrogen) atoms. The number of hydrogen-bond donors (Lipinski definition) is 2. The summed E-state index contributed by atoms with van der Waals surface area (Å²) in [6.07, 6.45) is 1.67. The number of carbonyl (C=O) groups is 1. The molecule has 2 heterocycles. The fraction of sp³-hybridized carbons (Fsp3) is 0.267. The predicted molar refractivity (Wildman–Crippen MR) is 77.8 cm³/mol. The zero-order chi connectivity index (χ0) is 14.8. The Balaban J connectivity index is 1.87. The van der Waals surface area contributed by atoms with E-state index in [-0.39, 0.29) is 5.91 Å². The summed E-state index contributed by atoms with van der Waals surface area (Å²) in [5.41, 5.74) is 1.83. The van der Waals surface area contributed by atoms with Crippen LogP contribution in [-0.2, 0) is 13.1 Å². The molecule has 2 aromatic rings. The van der Waals surface area contributed by atoms with Crippen LogP contribution in [0, 0.1) is 18.3 Å². The lowest BCUT2D eigenvalue weighted by atomic mass is 10.1. The van der Waals surface area contributed by atoms with Crippen LogP contribution in [-0.4, -0.2) is 22.0 Å². The Bertz CT molecular complexity index is 741. The van der Waals surface area contributed by atoms with E-state index in [1.165, 1.54) is 0 Å².